The molecule has 2 nitrogen and oxygen atoms in total. The first-order chi connectivity index (χ1) is 10.1. The Labute approximate surface area is 127 Å². The lowest BCUT2D eigenvalue weighted by molar-refractivity contribution is -0.262. The Balaban J connectivity index is 2.03. The molecule has 21 heavy (non-hydrogen) atoms. The van der Waals surface area contributed by atoms with Crippen molar-refractivity contribution in [3.8, 4) is 0 Å². The molecule has 0 bridgehead atoms. The first-order valence-electron chi connectivity index (χ1n) is 7.68. The number of piperidine rings is 1. The lowest BCUT2D eigenvalue weighted by Crippen LogP contribution is -2.56. The Bertz CT molecular complexity index is 544. The van der Waals surface area contributed by atoms with E-state index in [0.29, 0.717) is 0 Å². The Morgan fingerprint density at radius 1 is 0.762 bits per heavy atom. The van der Waals surface area contributed by atoms with E-state index in [-0.39, 0.29) is 11.1 Å². The number of hydrogen-bond acceptors (Lipinski definition) is 2. The minimum absolute atomic E-state index is 0.343. The minimum atomic E-state index is -0.343. The number of nitrogens with zero attached hydrogens (tertiary/aromatic N) is 1. The Morgan fingerprint density at radius 2 is 1.14 bits per heavy atom. The molecule has 1 saturated heterocycles. The van der Waals surface area contributed by atoms with E-state index in [0.717, 1.165) is 19.3 Å². The molecule has 2 heteroatoms. The van der Waals surface area contributed by atoms with Gasteiger partial charge in [-0.05, 0) is 44.2 Å². The third kappa shape index (κ3) is 2.29. The third-order valence-corrected chi connectivity index (χ3v) is 5.05. The monoisotopic (exact) mass is 281 g/mol. The molecule has 1 fully saturated rings. The van der Waals surface area contributed by atoms with Crippen LogP contribution in [0.3, 0.4) is 0 Å². The second kappa shape index (κ2) is 5.28. The van der Waals surface area contributed by atoms with Gasteiger partial charge >= 0.3 is 0 Å². The van der Waals surface area contributed by atoms with Crippen LogP contribution in [0.1, 0.15) is 44.2 Å². The normalized spacial score (nSPS) is 30.2. The molecule has 2 atom stereocenters. The zero-order valence-corrected chi connectivity index (χ0v) is 12.8. The van der Waals surface area contributed by atoms with Crippen molar-refractivity contribution in [2.45, 2.75) is 44.2 Å². The summed E-state index contributed by atoms with van der Waals surface area (Å²) in [6.07, 6.45) is 3.04. The summed E-state index contributed by atoms with van der Waals surface area (Å²) >= 11 is 0. The maximum absolute atomic E-state index is 11.1. The molecule has 110 valence electrons. The molecule has 3 rings (SSSR count). The molecule has 2 aromatic carbocycles. The summed E-state index contributed by atoms with van der Waals surface area (Å²) in [5.74, 6) is 0. The minimum Gasteiger partial charge on any atom is -0.312 e. The van der Waals surface area contributed by atoms with Crippen molar-refractivity contribution in [1.29, 1.82) is 0 Å². The molecule has 0 spiro atoms. The van der Waals surface area contributed by atoms with E-state index in [2.05, 4.69) is 38.1 Å². The molecule has 1 heterocycles. The second-order valence-corrected chi connectivity index (χ2v) is 6.45. The zero-order valence-electron chi connectivity index (χ0n) is 12.8. The molecule has 0 aliphatic carbocycles. The highest BCUT2D eigenvalue weighted by Crippen LogP contribution is 2.47. The van der Waals surface area contributed by atoms with Crippen molar-refractivity contribution in [2.75, 3.05) is 0 Å². The lowest BCUT2D eigenvalue weighted by Gasteiger charge is -2.52. The van der Waals surface area contributed by atoms with Crippen molar-refractivity contribution in [3.63, 3.8) is 0 Å². The second-order valence-electron chi connectivity index (χ2n) is 6.45. The van der Waals surface area contributed by atoms with E-state index >= 15 is 0 Å². The van der Waals surface area contributed by atoms with Crippen molar-refractivity contribution in [1.82, 2.24) is 5.06 Å². The average Bonchev–Trinajstić information content (AvgIpc) is 2.54. The van der Waals surface area contributed by atoms with Gasteiger partial charge in [0, 0.05) is 0 Å². The zero-order chi connectivity index (χ0) is 14.9. The molecule has 0 saturated carbocycles. The summed E-state index contributed by atoms with van der Waals surface area (Å²) < 4.78 is 0. The van der Waals surface area contributed by atoms with Crippen LogP contribution in [-0.2, 0) is 11.1 Å². The fourth-order valence-electron chi connectivity index (χ4n) is 3.66. The Kier molecular flexibility index (Phi) is 3.60. The molecule has 1 N–H and O–H groups in total. The number of hydroxylamine groups is 2. The first-order valence-corrected chi connectivity index (χ1v) is 7.68. The van der Waals surface area contributed by atoms with Crippen molar-refractivity contribution < 1.29 is 5.21 Å². The molecule has 1 aliphatic heterocycles. The molecule has 2 aromatic rings. The summed E-state index contributed by atoms with van der Waals surface area (Å²) in [6.45, 7) is 4.28. The highest BCUT2D eigenvalue weighted by molar-refractivity contribution is 5.29. The quantitative estimate of drug-likeness (QED) is 0.863. The van der Waals surface area contributed by atoms with Crippen LogP contribution in [0.25, 0.3) is 0 Å². The summed E-state index contributed by atoms with van der Waals surface area (Å²) in [5.41, 5.74) is 1.66. The SMILES string of the molecule is CC1(c2ccccc2)CCCC(C)(c2ccccc2)N1O. The smallest absolute Gasteiger partial charge is 0.0690 e. The summed E-state index contributed by atoms with van der Waals surface area (Å²) in [5, 5.41) is 12.7. The first kappa shape index (κ1) is 14.3. The van der Waals surface area contributed by atoms with Crippen LogP contribution in [-0.4, -0.2) is 10.3 Å². The van der Waals surface area contributed by atoms with E-state index in [1.807, 2.05) is 36.4 Å². The number of rotatable bonds is 2. The van der Waals surface area contributed by atoms with E-state index < -0.39 is 0 Å². The van der Waals surface area contributed by atoms with E-state index in [1.54, 1.807) is 5.06 Å². The fourth-order valence-corrected chi connectivity index (χ4v) is 3.66. The highest BCUT2D eigenvalue weighted by atomic mass is 16.5. The van der Waals surface area contributed by atoms with Crippen molar-refractivity contribution in [3.05, 3.63) is 71.8 Å². The van der Waals surface area contributed by atoms with Gasteiger partial charge in [-0.1, -0.05) is 60.7 Å². The fraction of sp³-hybridized carbons (Fsp3) is 0.368. The highest BCUT2D eigenvalue weighted by Gasteiger charge is 2.48. The molecule has 0 amide bonds. The topological polar surface area (TPSA) is 23.5 Å². The largest absolute Gasteiger partial charge is 0.312 e. The van der Waals surface area contributed by atoms with Gasteiger partial charge in [0.15, 0.2) is 0 Å². The van der Waals surface area contributed by atoms with Gasteiger partial charge in [0.25, 0.3) is 0 Å². The maximum atomic E-state index is 11.1. The van der Waals surface area contributed by atoms with Gasteiger partial charge in [-0.3, -0.25) is 0 Å². The van der Waals surface area contributed by atoms with Gasteiger partial charge < -0.3 is 5.21 Å². The third-order valence-electron chi connectivity index (χ3n) is 5.05. The van der Waals surface area contributed by atoms with E-state index in [4.69, 9.17) is 0 Å². The van der Waals surface area contributed by atoms with Crippen molar-refractivity contribution in [2.24, 2.45) is 0 Å². The summed E-state index contributed by atoms with van der Waals surface area (Å²) in [7, 11) is 0. The Hall–Kier alpha value is -1.64. The van der Waals surface area contributed by atoms with Crippen LogP contribution in [0.5, 0.6) is 0 Å². The van der Waals surface area contributed by atoms with Crippen molar-refractivity contribution >= 4 is 0 Å². The van der Waals surface area contributed by atoms with Gasteiger partial charge in [0.1, 0.15) is 0 Å². The predicted molar refractivity (Wildman–Crippen MR) is 85.1 cm³/mol. The van der Waals surface area contributed by atoms with Crippen LogP contribution in [0.15, 0.2) is 60.7 Å². The van der Waals surface area contributed by atoms with Gasteiger partial charge in [0.05, 0.1) is 11.1 Å². The molecule has 1 aliphatic rings. The summed E-state index contributed by atoms with van der Waals surface area (Å²) in [6, 6.07) is 20.7. The van der Waals surface area contributed by atoms with E-state index in [9.17, 15) is 5.21 Å². The van der Waals surface area contributed by atoms with Crippen LogP contribution in [0, 0.1) is 0 Å². The average molecular weight is 281 g/mol. The molecule has 0 aromatic heterocycles. The number of hydrogen-bond donors (Lipinski definition) is 1. The Morgan fingerprint density at radius 3 is 1.52 bits per heavy atom. The standard InChI is InChI=1S/C19H23NO/c1-18(16-10-5-3-6-11-16)14-9-15-19(2,20(18)21)17-12-7-4-8-13-17/h3-8,10-13,21H,9,14-15H2,1-2H3. The van der Waals surface area contributed by atoms with Gasteiger partial charge in [0.2, 0.25) is 0 Å². The predicted octanol–water partition coefficient (Wildman–Crippen LogP) is 4.69. The van der Waals surface area contributed by atoms with E-state index in [1.165, 1.54) is 11.1 Å². The van der Waals surface area contributed by atoms with Crippen LogP contribution in [0.4, 0.5) is 0 Å². The molecular formula is C19H23NO. The summed E-state index contributed by atoms with van der Waals surface area (Å²) in [4.78, 5) is 0. The molecule has 2 unspecified atom stereocenters. The maximum Gasteiger partial charge on any atom is 0.0690 e. The number of benzene rings is 2. The van der Waals surface area contributed by atoms with Gasteiger partial charge in [-0.25, -0.2) is 0 Å². The van der Waals surface area contributed by atoms with Crippen LogP contribution in [0.2, 0.25) is 0 Å². The lowest BCUT2D eigenvalue weighted by atomic mass is 9.74. The van der Waals surface area contributed by atoms with Crippen LogP contribution >= 0.6 is 0 Å². The molecular weight excluding hydrogens is 258 g/mol. The van der Waals surface area contributed by atoms with Gasteiger partial charge in [-0.15, -0.1) is 0 Å². The molecule has 0 radical (unpaired) electrons. The van der Waals surface area contributed by atoms with Crippen LogP contribution < -0.4 is 0 Å². The van der Waals surface area contributed by atoms with Gasteiger partial charge in [-0.2, -0.15) is 5.06 Å².